The standard InChI is InChI=1S/C21H20ClFO5/c1-26-19-13-14(12-17(22)21(19)27-2)5-10-20(25)28-11-3-4-18(24)15-6-8-16(23)9-7-15/h5-10,12-13H,3-4,11H2,1-2H3/b10-5+. The summed E-state index contributed by atoms with van der Waals surface area (Å²) in [4.78, 5) is 23.8. The molecule has 5 nitrogen and oxygen atoms in total. The van der Waals surface area contributed by atoms with Gasteiger partial charge in [0, 0.05) is 18.1 Å². The Morgan fingerprint density at radius 2 is 1.82 bits per heavy atom. The predicted molar refractivity (Wildman–Crippen MR) is 105 cm³/mol. The van der Waals surface area contributed by atoms with Gasteiger partial charge in [-0.3, -0.25) is 4.79 Å². The van der Waals surface area contributed by atoms with Crippen molar-refractivity contribution in [1.29, 1.82) is 0 Å². The number of carbonyl (C=O) groups excluding carboxylic acids is 2. The maximum absolute atomic E-state index is 12.8. The second-order valence-electron chi connectivity index (χ2n) is 5.77. The van der Waals surface area contributed by atoms with Gasteiger partial charge >= 0.3 is 5.97 Å². The van der Waals surface area contributed by atoms with Crippen LogP contribution in [0.2, 0.25) is 5.02 Å². The smallest absolute Gasteiger partial charge is 0.330 e. The van der Waals surface area contributed by atoms with E-state index in [0.717, 1.165) is 0 Å². The zero-order valence-corrected chi connectivity index (χ0v) is 16.3. The molecule has 0 bridgehead atoms. The Balaban J connectivity index is 1.81. The van der Waals surface area contributed by atoms with Crippen LogP contribution in [0.4, 0.5) is 4.39 Å². The summed E-state index contributed by atoms with van der Waals surface area (Å²) in [6, 6.07) is 8.64. The summed E-state index contributed by atoms with van der Waals surface area (Å²) in [7, 11) is 2.97. The van der Waals surface area contributed by atoms with E-state index in [2.05, 4.69) is 0 Å². The normalized spacial score (nSPS) is 10.7. The molecule has 0 aliphatic carbocycles. The molecule has 28 heavy (non-hydrogen) atoms. The summed E-state index contributed by atoms with van der Waals surface area (Å²) in [6.07, 6.45) is 3.38. The molecule has 0 heterocycles. The topological polar surface area (TPSA) is 61.8 Å². The third kappa shape index (κ3) is 6.09. The average molecular weight is 407 g/mol. The first-order valence-corrected chi connectivity index (χ1v) is 8.87. The summed E-state index contributed by atoms with van der Waals surface area (Å²) in [6.45, 7) is 0.1000. The van der Waals surface area contributed by atoms with Gasteiger partial charge < -0.3 is 14.2 Å². The summed E-state index contributed by atoms with van der Waals surface area (Å²) in [5, 5.41) is 0.356. The molecule has 0 saturated carbocycles. The van der Waals surface area contributed by atoms with E-state index < -0.39 is 11.8 Å². The maximum Gasteiger partial charge on any atom is 0.330 e. The lowest BCUT2D eigenvalue weighted by atomic mass is 10.1. The number of Topliss-reactive ketones (excluding diaryl/α,β-unsaturated/α-hetero) is 1. The van der Waals surface area contributed by atoms with E-state index in [9.17, 15) is 14.0 Å². The SMILES string of the molecule is COc1cc(/C=C/C(=O)OCCCC(=O)c2ccc(F)cc2)cc(Cl)c1OC. The molecule has 0 aromatic heterocycles. The van der Waals surface area contributed by atoms with Gasteiger partial charge in [-0.05, 0) is 54.5 Å². The van der Waals surface area contributed by atoms with Crippen LogP contribution in [0.25, 0.3) is 6.08 Å². The van der Waals surface area contributed by atoms with Crippen molar-refractivity contribution >= 4 is 29.4 Å². The molecular formula is C21H20ClFO5. The molecule has 0 fully saturated rings. The first-order valence-electron chi connectivity index (χ1n) is 8.49. The molecular weight excluding hydrogens is 387 g/mol. The number of esters is 1. The molecule has 0 atom stereocenters. The molecule has 0 N–H and O–H groups in total. The van der Waals surface area contributed by atoms with Gasteiger partial charge in [-0.2, -0.15) is 0 Å². The summed E-state index contributed by atoms with van der Waals surface area (Å²) in [5.41, 5.74) is 1.07. The van der Waals surface area contributed by atoms with Crippen molar-refractivity contribution in [3.63, 3.8) is 0 Å². The van der Waals surface area contributed by atoms with E-state index in [1.165, 1.54) is 44.6 Å². The van der Waals surface area contributed by atoms with Crippen molar-refractivity contribution < 1.29 is 28.2 Å². The summed E-state index contributed by atoms with van der Waals surface area (Å²) >= 11 is 6.11. The highest BCUT2D eigenvalue weighted by Gasteiger charge is 2.10. The maximum atomic E-state index is 12.8. The van der Waals surface area contributed by atoms with Gasteiger partial charge in [0.1, 0.15) is 5.82 Å². The Morgan fingerprint density at radius 1 is 1.11 bits per heavy atom. The molecule has 0 spiro atoms. The molecule has 0 unspecified atom stereocenters. The fourth-order valence-electron chi connectivity index (χ4n) is 2.43. The highest BCUT2D eigenvalue weighted by atomic mass is 35.5. The third-order valence-electron chi connectivity index (χ3n) is 3.83. The monoisotopic (exact) mass is 406 g/mol. The van der Waals surface area contributed by atoms with Crippen molar-refractivity contribution in [1.82, 2.24) is 0 Å². The van der Waals surface area contributed by atoms with Crippen LogP contribution in [0, 0.1) is 5.82 Å². The minimum atomic E-state index is -0.542. The Morgan fingerprint density at radius 3 is 2.46 bits per heavy atom. The van der Waals surface area contributed by atoms with Gasteiger partial charge in [0.15, 0.2) is 17.3 Å². The van der Waals surface area contributed by atoms with Crippen LogP contribution in [-0.4, -0.2) is 32.6 Å². The highest BCUT2D eigenvalue weighted by Crippen LogP contribution is 2.36. The number of halogens is 2. The van der Waals surface area contributed by atoms with Crippen LogP contribution in [-0.2, 0) is 9.53 Å². The minimum Gasteiger partial charge on any atom is -0.493 e. The van der Waals surface area contributed by atoms with Gasteiger partial charge in [0.05, 0.1) is 25.8 Å². The second kappa shape index (κ2) is 10.5. The molecule has 2 aromatic carbocycles. The first-order chi connectivity index (χ1) is 13.4. The molecule has 0 aliphatic rings. The molecule has 7 heteroatoms. The lowest BCUT2D eigenvalue weighted by Crippen LogP contribution is -2.05. The van der Waals surface area contributed by atoms with Gasteiger partial charge in [-0.15, -0.1) is 0 Å². The molecule has 0 aliphatic heterocycles. The minimum absolute atomic E-state index is 0.1000. The van der Waals surface area contributed by atoms with Crippen molar-refractivity contribution in [3.8, 4) is 11.5 Å². The van der Waals surface area contributed by atoms with Crippen LogP contribution in [0.3, 0.4) is 0 Å². The molecule has 148 valence electrons. The van der Waals surface area contributed by atoms with E-state index in [4.69, 9.17) is 25.8 Å². The quantitative estimate of drug-likeness (QED) is 0.261. The zero-order chi connectivity index (χ0) is 20.5. The zero-order valence-electron chi connectivity index (χ0n) is 15.5. The number of ether oxygens (including phenoxy) is 3. The van der Waals surface area contributed by atoms with Gasteiger partial charge in [-0.25, -0.2) is 9.18 Å². The van der Waals surface area contributed by atoms with Crippen molar-refractivity contribution in [2.75, 3.05) is 20.8 Å². The summed E-state index contributed by atoms with van der Waals surface area (Å²) < 4.78 is 28.3. The fourth-order valence-corrected chi connectivity index (χ4v) is 2.73. The van der Waals surface area contributed by atoms with Crippen molar-refractivity contribution in [2.24, 2.45) is 0 Å². The predicted octanol–water partition coefficient (Wildman–Crippen LogP) is 4.72. The number of benzene rings is 2. The van der Waals surface area contributed by atoms with Crippen molar-refractivity contribution in [2.45, 2.75) is 12.8 Å². The number of methoxy groups -OCH3 is 2. The van der Waals surface area contributed by atoms with Crippen molar-refractivity contribution in [3.05, 3.63) is 64.4 Å². The number of ketones is 1. The fraction of sp³-hybridized carbons (Fsp3) is 0.238. The number of rotatable bonds is 9. The van der Waals surface area contributed by atoms with Gasteiger partial charge in [0.25, 0.3) is 0 Å². The largest absolute Gasteiger partial charge is 0.493 e. The molecule has 0 saturated heterocycles. The number of hydrogen-bond acceptors (Lipinski definition) is 5. The third-order valence-corrected chi connectivity index (χ3v) is 4.11. The van der Waals surface area contributed by atoms with Crippen LogP contribution < -0.4 is 9.47 Å². The highest BCUT2D eigenvalue weighted by molar-refractivity contribution is 6.32. The molecule has 2 aromatic rings. The first kappa shape index (κ1) is 21.4. The Kier molecular flexibility index (Phi) is 8.02. The molecule has 2 rings (SSSR count). The number of carbonyl (C=O) groups is 2. The Labute approximate surface area is 167 Å². The summed E-state index contributed by atoms with van der Waals surface area (Å²) in [5.74, 6) is -0.211. The van der Waals surface area contributed by atoms with E-state index in [-0.39, 0.29) is 18.8 Å². The molecule has 0 amide bonds. The van der Waals surface area contributed by atoms with E-state index >= 15 is 0 Å². The van der Waals surface area contributed by atoms with Gasteiger partial charge in [-0.1, -0.05) is 11.6 Å². The second-order valence-corrected chi connectivity index (χ2v) is 6.18. The van der Waals surface area contributed by atoms with Crippen LogP contribution in [0.15, 0.2) is 42.5 Å². The van der Waals surface area contributed by atoms with Gasteiger partial charge in [0.2, 0.25) is 0 Å². The van der Waals surface area contributed by atoms with Crippen LogP contribution in [0.1, 0.15) is 28.8 Å². The lowest BCUT2D eigenvalue weighted by Gasteiger charge is -2.10. The number of hydrogen-bond donors (Lipinski definition) is 0. The average Bonchev–Trinajstić information content (AvgIpc) is 2.69. The van der Waals surface area contributed by atoms with Crippen LogP contribution in [0.5, 0.6) is 11.5 Å². The van der Waals surface area contributed by atoms with E-state index in [0.29, 0.717) is 34.1 Å². The van der Waals surface area contributed by atoms with E-state index in [1.807, 2.05) is 0 Å². The lowest BCUT2D eigenvalue weighted by molar-refractivity contribution is -0.137. The Bertz CT molecular complexity index is 862. The van der Waals surface area contributed by atoms with Crippen LogP contribution >= 0.6 is 11.6 Å². The Hall–Kier alpha value is -2.86. The molecule has 0 radical (unpaired) electrons. The van der Waals surface area contributed by atoms with E-state index in [1.54, 1.807) is 18.2 Å².